The van der Waals surface area contributed by atoms with Gasteiger partial charge < -0.3 is 20.9 Å². The van der Waals surface area contributed by atoms with E-state index in [0.29, 0.717) is 19.8 Å². The fraction of sp³-hybridized carbons (Fsp3) is 1.00. The van der Waals surface area contributed by atoms with Gasteiger partial charge in [0.2, 0.25) is 0 Å². The summed E-state index contributed by atoms with van der Waals surface area (Å²) in [4.78, 5) is 0. The summed E-state index contributed by atoms with van der Waals surface area (Å²) < 4.78 is 10.6. The standard InChI is InChI=1S/C10H24N2O2/c1-2-10(12)4-7-14-9-8-13-6-3-5-11/h10H,2-9,11-12H2,1H3. The highest BCUT2D eigenvalue weighted by Crippen LogP contribution is 1.93. The fourth-order valence-corrected chi connectivity index (χ4v) is 0.946. The zero-order valence-corrected chi connectivity index (χ0v) is 9.21. The van der Waals surface area contributed by atoms with Crippen LogP contribution >= 0.6 is 0 Å². The second kappa shape index (κ2) is 10.9. The van der Waals surface area contributed by atoms with Gasteiger partial charge in [0.05, 0.1) is 13.2 Å². The molecule has 0 aromatic rings. The third-order valence-electron chi connectivity index (χ3n) is 2.02. The Kier molecular flexibility index (Phi) is 10.8. The monoisotopic (exact) mass is 204 g/mol. The molecule has 0 bridgehead atoms. The Labute approximate surface area is 86.9 Å². The van der Waals surface area contributed by atoms with Crippen molar-refractivity contribution < 1.29 is 9.47 Å². The largest absolute Gasteiger partial charge is 0.379 e. The van der Waals surface area contributed by atoms with Crippen LogP contribution < -0.4 is 11.5 Å². The lowest BCUT2D eigenvalue weighted by Gasteiger charge is -2.09. The topological polar surface area (TPSA) is 70.5 Å². The maximum Gasteiger partial charge on any atom is 0.0700 e. The van der Waals surface area contributed by atoms with E-state index in [1.54, 1.807) is 0 Å². The highest BCUT2D eigenvalue weighted by atomic mass is 16.5. The third kappa shape index (κ3) is 9.92. The van der Waals surface area contributed by atoms with E-state index in [2.05, 4.69) is 6.92 Å². The molecule has 86 valence electrons. The zero-order chi connectivity index (χ0) is 10.6. The first kappa shape index (κ1) is 13.8. The maximum atomic E-state index is 5.73. The minimum absolute atomic E-state index is 0.271. The molecule has 0 aromatic carbocycles. The van der Waals surface area contributed by atoms with Crippen molar-refractivity contribution in [3.8, 4) is 0 Å². The molecule has 0 saturated heterocycles. The molecule has 4 N–H and O–H groups in total. The molecule has 0 aromatic heterocycles. The van der Waals surface area contributed by atoms with Gasteiger partial charge in [-0.1, -0.05) is 6.92 Å². The molecular weight excluding hydrogens is 180 g/mol. The Morgan fingerprint density at radius 1 is 1.07 bits per heavy atom. The van der Waals surface area contributed by atoms with Gasteiger partial charge in [-0.3, -0.25) is 0 Å². The van der Waals surface area contributed by atoms with Gasteiger partial charge in [-0.25, -0.2) is 0 Å². The second-order valence-electron chi connectivity index (χ2n) is 3.32. The van der Waals surface area contributed by atoms with Gasteiger partial charge in [-0.15, -0.1) is 0 Å². The van der Waals surface area contributed by atoms with Crippen LogP contribution in [0.1, 0.15) is 26.2 Å². The lowest BCUT2D eigenvalue weighted by molar-refractivity contribution is 0.0449. The van der Waals surface area contributed by atoms with Gasteiger partial charge in [-0.2, -0.15) is 0 Å². The Hall–Kier alpha value is -0.160. The number of hydrogen-bond donors (Lipinski definition) is 2. The van der Waals surface area contributed by atoms with Crippen molar-refractivity contribution in [2.24, 2.45) is 11.5 Å². The van der Waals surface area contributed by atoms with Crippen molar-refractivity contribution in [3.05, 3.63) is 0 Å². The van der Waals surface area contributed by atoms with E-state index in [1.165, 1.54) is 0 Å². The predicted octanol–water partition coefficient (Wildman–Crippen LogP) is 0.496. The highest BCUT2D eigenvalue weighted by molar-refractivity contribution is 4.56. The number of ether oxygens (including phenoxy) is 2. The van der Waals surface area contributed by atoms with Crippen LogP contribution in [0.2, 0.25) is 0 Å². The van der Waals surface area contributed by atoms with Gasteiger partial charge in [0, 0.05) is 19.3 Å². The van der Waals surface area contributed by atoms with Crippen molar-refractivity contribution in [1.29, 1.82) is 0 Å². The van der Waals surface area contributed by atoms with E-state index in [9.17, 15) is 0 Å². The average molecular weight is 204 g/mol. The smallest absolute Gasteiger partial charge is 0.0700 e. The molecule has 0 spiro atoms. The molecule has 0 rings (SSSR count). The van der Waals surface area contributed by atoms with E-state index in [1.807, 2.05) is 0 Å². The lowest BCUT2D eigenvalue weighted by atomic mass is 10.2. The first-order valence-electron chi connectivity index (χ1n) is 5.42. The Morgan fingerprint density at radius 2 is 1.71 bits per heavy atom. The lowest BCUT2D eigenvalue weighted by Crippen LogP contribution is -2.21. The molecule has 0 radical (unpaired) electrons. The quantitative estimate of drug-likeness (QED) is 0.508. The summed E-state index contributed by atoms with van der Waals surface area (Å²) >= 11 is 0. The van der Waals surface area contributed by atoms with E-state index in [4.69, 9.17) is 20.9 Å². The molecule has 4 heteroatoms. The molecule has 1 unspecified atom stereocenters. The highest BCUT2D eigenvalue weighted by Gasteiger charge is 1.97. The van der Waals surface area contributed by atoms with Crippen LogP contribution in [-0.2, 0) is 9.47 Å². The summed E-state index contributed by atoms with van der Waals surface area (Å²) in [6, 6.07) is 0.271. The molecule has 0 saturated carbocycles. The number of nitrogens with two attached hydrogens (primary N) is 2. The molecule has 4 nitrogen and oxygen atoms in total. The normalized spacial score (nSPS) is 13.1. The van der Waals surface area contributed by atoms with Crippen LogP contribution in [0.5, 0.6) is 0 Å². The molecule has 0 amide bonds. The maximum absolute atomic E-state index is 5.73. The van der Waals surface area contributed by atoms with Crippen molar-refractivity contribution in [3.63, 3.8) is 0 Å². The van der Waals surface area contributed by atoms with E-state index in [-0.39, 0.29) is 6.04 Å². The summed E-state index contributed by atoms with van der Waals surface area (Å²) in [6.45, 7) is 5.54. The molecule has 0 fully saturated rings. The van der Waals surface area contributed by atoms with Crippen LogP contribution in [0.25, 0.3) is 0 Å². The zero-order valence-electron chi connectivity index (χ0n) is 9.21. The molecule has 0 aliphatic carbocycles. The predicted molar refractivity (Wildman–Crippen MR) is 58.2 cm³/mol. The SMILES string of the molecule is CCC(N)CCOCCOCCCN. The molecule has 0 aliphatic heterocycles. The first-order valence-corrected chi connectivity index (χ1v) is 5.42. The van der Waals surface area contributed by atoms with Crippen molar-refractivity contribution in [2.75, 3.05) is 33.0 Å². The average Bonchev–Trinajstić information content (AvgIpc) is 2.21. The molecule has 0 aliphatic rings. The van der Waals surface area contributed by atoms with Crippen LogP contribution in [0.4, 0.5) is 0 Å². The van der Waals surface area contributed by atoms with E-state index in [0.717, 1.165) is 32.5 Å². The van der Waals surface area contributed by atoms with Crippen molar-refractivity contribution in [1.82, 2.24) is 0 Å². The number of rotatable bonds is 10. The van der Waals surface area contributed by atoms with Gasteiger partial charge in [-0.05, 0) is 25.8 Å². The Bertz CT molecular complexity index is 112. The Morgan fingerprint density at radius 3 is 2.29 bits per heavy atom. The van der Waals surface area contributed by atoms with Crippen LogP contribution in [0.15, 0.2) is 0 Å². The fourth-order valence-electron chi connectivity index (χ4n) is 0.946. The van der Waals surface area contributed by atoms with Crippen LogP contribution in [-0.4, -0.2) is 39.0 Å². The Balaban J connectivity index is 2.92. The summed E-state index contributed by atoms with van der Waals surface area (Å²) in [6.07, 6.45) is 2.86. The molecular formula is C10H24N2O2. The van der Waals surface area contributed by atoms with Crippen LogP contribution in [0, 0.1) is 0 Å². The minimum atomic E-state index is 0.271. The number of hydrogen-bond acceptors (Lipinski definition) is 4. The van der Waals surface area contributed by atoms with Gasteiger partial charge in [0.25, 0.3) is 0 Å². The summed E-state index contributed by atoms with van der Waals surface area (Å²) in [5.74, 6) is 0. The summed E-state index contributed by atoms with van der Waals surface area (Å²) in [5.41, 5.74) is 11.0. The van der Waals surface area contributed by atoms with Crippen molar-refractivity contribution >= 4 is 0 Å². The third-order valence-corrected chi connectivity index (χ3v) is 2.02. The minimum Gasteiger partial charge on any atom is -0.379 e. The van der Waals surface area contributed by atoms with E-state index < -0.39 is 0 Å². The summed E-state index contributed by atoms with van der Waals surface area (Å²) in [5, 5.41) is 0. The van der Waals surface area contributed by atoms with Crippen molar-refractivity contribution in [2.45, 2.75) is 32.2 Å². The van der Waals surface area contributed by atoms with E-state index >= 15 is 0 Å². The van der Waals surface area contributed by atoms with Gasteiger partial charge >= 0.3 is 0 Å². The second-order valence-corrected chi connectivity index (χ2v) is 3.32. The summed E-state index contributed by atoms with van der Waals surface area (Å²) in [7, 11) is 0. The molecule has 14 heavy (non-hydrogen) atoms. The van der Waals surface area contributed by atoms with Gasteiger partial charge in [0.1, 0.15) is 0 Å². The molecule has 0 heterocycles. The van der Waals surface area contributed by atoms with Crippen LogP contribution in [0.3, 0.4) is 0 Å². The molecule has 1 atom stereocenters. The van der Waals surface area contributed by atoms with Gasteiger partial charge in [0.15, 0.2) is 0 Å². The first-order chi connectivity index (χ1) is 6.81.